The summed E-state index contributed by atoms with van der Waals surface area (Å²) >= 11 is 0. The second kappa shape index (κ2) is 9.51. The molecule has 0 radical (unpaired) electrons. The summed E-state index contributed by atoms with van der Waals surface area (Å²) in [5, 5.41) is 19.9. The monoisotopic (exact) mass is 442 g/mol. The summed E-state index contributed by atoms with van der Waals surface area (Å²) in [7, 11) is 0. The van der Waals surface area contributed by atoms with Gasteiger partial charge < -0.3 is 5.11 Å². The van der Waals surface area contributed by atoms with Crippen LogP contribution >= 0.6 is 0 Å². The Morgan fingerprint density at radius 2 is 1.18 bits per heavy atom. The van der Waals surface area contributed by atoms with Gasteiger partial charge in [-0.2, -0.15) is 5.10 Å². The molecule has 4 heteroatoms. The van der Waals surface area contributed by atoms with Gasteiger partial charge in [0.25, 0.3) is 0 Å². The molecule has 1 aliphatic carbocycles. The lowest BCUT2D eigenvalue weighted by atomic mass is 9.83. The van der Waals surface area contributed by atoms with E-state index >= 15 is 0 Å². The molecule has 4 aromatic carbocycles. The topological polar surface area (TPSA) is 62.0 Å². The number of ketones is 1. The molecule has 0 heterocycles. The van der Waals surface area contributed by atoms with Crippen molar-refractivity contribution in [3.05, 3.63) is 149 Å². The molecule has 0 saturated heterocycles. The number of benzene rings is 4. The van der Waals surface area contributed by atoms with Gasteiger partial charge in [0, 0.05) is 11.1 Å². The van der Waals surface area contributed by atoms with Gasteiger partial charge >= 0.3 is 0 Å². The molecule has 0 aliphatic heterocycles. The minimum absolute atomic E-state index is 0.0638. The lowest BCUT2D eigenvalue weighted by Crippen LogP contribution is -2.21. The van der Waals surface area contributed by atoms with Crippen LogP contribution < -0.4 is 0 Å². The molecule has 0 aromatic heterocycles. The SMILES string of the molecule is O=C(C1=C(O)c2ccccc2C1=NN=Cc1ccccc1)C(c1ccccc1)c1ccccc1. The lowest BCUT2D eigenvalue weighted by molar-refractivity contribution is -0.115. The fraction of sp³-hybridized carbons (Fsp3) is 0.0333. The third kappa shape index (κ3) is 4.09. The molecule has 0 bridgehead atoms. The molecule has 1 N–H and O–H groups in total. The van der Waals surface area contributed by atoms with Crippen molar-refractivity contribution in [3.8, 4) is 0 Å². The molecular formula is C30H22N2O2. The van der Waals surface area contributed by atoms with Crippen LogP contribution in [-0.2, 0) is 4.79 Å². The Labute approximate surface area is 198 Å². The van der Waals surface area contributed by atoms with E-state index in [1.165, 1.54) is 0 Å². The average Bonchev–Trinajstić information content (AvgIpc) is 3.18. The molecular weight excluding hydrogens is 420 g/mol. The molecule has 1 aliphatic rings. The van der Waals surface area contributed by atoms with Crippen LogP contribution in [0.4, 0.5) is 0 Å². The van der Waals surface area contributed by atoms with Crippen LogP contribution in [0.1, 0.15) is 33.7 Å². The van der Waals surface area contributed by atoms with E-state index in [1.807, 2.05) is 109 Å². The van der Waals surface area contributed by atoms with Crippen LogP contribution in [0, 0.1) is 0 Å². The number of hydrogen-bond donors (Lipinski definition) is 1. The van der Waals surface area contributed by atoms with Crippen LogP contribution in [0.15, 0.2) is 131 Å². The molecule has 0 atom stereocenters. The van der Waals surface area contributed by atoms with Gasteiger partial charge in [-0.05, 0) is 16.7 Å². The minimum Gasteiger partial charge on any atom is -0.506 e. The maximum atomic E-state index is 14.1. The van der Waals surface area contributed by atoms with E-state index in [4.69, 9.17) is 0 Å². The van der Waals surface area contributed by atoms with Gasteiger partial charge in [-0.25, -0.2) is 0 Å². The normalized spacial score (nSPS) is 14.2. The highest BCUT2D eigenvalue weighted by molar-refractivity contribution is 6.37. The van der Waals surface area contributed by atoms with Crippen molar-refractivity contribution in [1.29, 1.82) is 0 Å². The molecule has 0 spiro atoms. The molecule has 164 valence electrons. The summed E-state index contributed by atoms with van der Waals surface area (Å²) in [6.07, 6.45) is 1.64. The first-order chi connectivity index (χ1) is 16.7. The van der Waals surface area contributed by atoms with Crippen molar-refractivity contribution in [2.45, 2.75) is 5.92 Å². The summed E-state index contributed by atoms with van der Waals surface area (Å²) in [6.45, 7) is 0. The molecule has 0 unspecified atom stereocenters. The Balaban J connectivity index is 1.62. The van der Waals surface area contributed by atoms with Crippen molar-refractivity contribution in [2.75, 3.05) is 0 Å². The predicted octanol–water partition coefficient (Wildman–Crippen LogP) is 6.19. The predicted molar refractivity (Wildman–Crippen MR) is 136 cm³/mol. The summed E-state index contributed by atoms with van der Waals surface area (Å²) in [4.78, 5) is 14.1. The van der Waals surface area contributed by atoms with E-state index in [0.717, 1.165) is 16.7 Å². The van der Waals surface area contributed by atoms with E-state index in [0.29, 0.717) is 16.8 Å². The van der Waals surface area contributed by atoms with Crippen LogP contribution in [-0.4, -0.2) is 22.8 Å². The lowest BCUT2D eigenvalue weighted by Gasteiger charge is -2.18. The van der Waals surface area contributed by atoms with Crippen LogP contribution in [0.5, 0.6) is 0 Å². The van der Waals surface area contributed by atoms with E-state index in [-0.39, 0.29) is 17.1 Å². The number of fused-ring (bicyclic) bond motifs is 1. The highest BCUT2D eigenvalue weighted by Gasteiger charge is 2.37. The molecule has 0 fully saturated rings. The zero-order chi connectivity index (χ0) is 23.3. The Kier molecular flexibility index (Phi) is 5.95. The second-order valence-corrected chi connectivity index (χ2v) is 7.99. The van der Waals surface area contributed by atoms with E-state index in [9.17, 15) is 9.90 Å². The first-order valence-electron chi connectivity index (χ1n) is 11.1. The van der Waals surface area contributed by atoms with Gasteiger partial charge in [-0.1, -0.05) is 115 Å². The van der Waals surface area contributed by atoms with Crippen LogP contribution in [0.2, 0.25) is 0 Å². The number of rotatable bonds is 6. The fourth-order valence-electron chi connectivity index (χ4n) is 4.24. The summed E-state index contributed by atoms with van der Waals surface area (Å²) in [6, 6.07) is 36.2. The van der Waals surface area contributed by atoms with Crippen molar-refractivity contribution in [1.82, 2.24) is 0 Å². The molecule has 0 amide bonds. The minimum atomic E-state index is -0.586. The smallest absolute Gasteiger partial charge is 0.180 e. The second-order valence-electron chi connectivity index (χ2n) is 7.99. The number of aliphatic hydroxyl groups is 1. The van der Waals surface area contributed by atoms with E-state index in [2.05, 4.69) is 10.2 Å². The zero-order valence-electron chi connectivity index (χ0n) is 18.4. The standard InChI is InChI=1S/C30H22N2O2/c33-29-25-19-11-10-18-24(25)28(32-31-20-21-12-4-1-5-13-21)27(29)30(34)26(22-14-6-2-7-15-22)23-16-8-3-9-17-23/h1-20,26,33H. The largest absolute Gasteiger partial charge is 0.506 e. The zero-order valence-corrected chi connectivity index (χ0v) is 18.4. The van der Waals surface area contributed by atoms with Gasteiger partial charge in [0.15, 0.2) is 5.78 Å². The van der Waals surface area contributed by atoms with Crippen molar-refractivity contribution < 1.29 is 9.90 Å². The summed E-state index contributed by atoms with van der Waals surface area (Å²) < 4.78 is 0. The Morgan fingerprint density at radius 3 is 1.76 bits per heavy atom. The van der Waals surface area contributed by atoms with Gasteiger partial charge in [-0.3, -0.25) is 4.79 Å². The first kappa shape index (κ1) is 21.3. The summed E-state index contributed by atoms with van der Waals surface area (Å²) in [5.74, 6) is -0.872. The molecule has 5 rings (SSSR count). The quantitative estimate of drug-likeness (QED) is 0.286. The number of hydrogen-bond acceptors (Lipinski definition) is 4. The number of carbonyl (C=O) groups is 1. The third-order valence-corrected chi connectivity index (χ3v) is 5.85. The maximum Gasteiger partial charge on any atom is 0.180 e. The van der Waals surface area contributed by atoms with Gasteiger partial charge in [0.1, 0.15) is 11.5 Å². The van der Waals surface area contributed by atoms with Crippen LogP contribution in [0.25, 0.3) is 5.76 Å². The highest BCUT2D eigenvalue weighted by atomic mass is 16.3. The van der Waals surface area contributed by atoms with Crippen molar-refractivity contribution in [2.24, 2.45) is 10.2 Å². The van der Waals surface area contributed by atoms with Crippen molar-refractivity contribution in [3.63, 3.8) is 0 Å². The fourth-order valence-corrected chi connectivity index (χ4v) is 4.24. The number of Topliss-reactive ketones (excluding diaryl/α,β-unsaturated/α-hetero) is 1. The first-order valence-corrected chi connectivity index (χ1v) is 11.1. The molecule has 4 aromatic rings. The summed E-state index contributed by atoms with van der Waals surface area (Å²) in [5.41, 5.74) is 4.42. The number of allylic oxidation sites excluding steroid dienone is 1. The van der Waals surface area contributed by atoms with Gasteiger partial charge in [-0.15, -0.1) is 5.10 Å². The molecule has 0 saturated carbocycles. The van der Waals surface area contributed by atoms with Gasteiger partial charge in [0.2, 0.25) is 0 Å². The highest BCUT2D eigenvalue weighted by Crippen LogP contribution is 2.37. The van der Waals surface area contributed by atoms with E-state index < -0.39 is 5.92 Å². The molecule has 34 heavy (non-hydrogen) atoms. The Bertz CT molecular complexity index is 1370. The Morgan fingerprint density at radius 1 is 0.676 bits per heavy atom. The third-order valence-electron chi connectivity index (χ3n) is 5.85. The van der Waals surface area contributed by atoms with Crippen molar-refractivity contribution >= 4 is 23.5 Å². The van der Waals surface area contributed by atoms with Crippen LogP contribution in [0.3, 0.4) is 0 Å². The number of nitrogens with zero attached hydrogens (tertiary/aromatic N) is 2. The molecule has 4 nitrogen and oxygen atoms in total. The maximum absolute atomic E-state index is 14.1. The number of carbonyl (C=O) groups excluding carboxylic acids is 1. The average molecular weight is 443 g/mol. The number of aliphatic hydroxyl groups excluding tert-OH is 1. The van der Waals surface area contributed by atoms with E-state index in [1.54, 1.807) is 12.3 Å². The van der Waals surface area contributed by atoms with Gasteiger partial charge in [0.05, 0.1) is 17.7 Å². The Hall–Kier alpha value is -4.57.